The van der Waals surface area contributed by atoms with Crippen LogP contribution in [0.1, 0.15) is 6.42 Å². The molecule has 3 aliphatic heterocycles. The van der Waals surface area contributed by atoms with Gasteiger partial charge in [-0.3, -0.25) is 9.36 Å². The van der Waals surface area contributed by atoms with Crippen molar-refractivity contribution in [2.24, 2.45) is 18.9 Å². The van der Waals surface area contributed by atoms with E-state index in [0.717, 1.165) is 81.5 Å². The number of piperazine rings is 1. The molecule has 3 aromatic rings. The minimum absolute atomic E-state index is 0.00286. The summed E-state index contributed by atoms with van der Waals surface area (Å²) in [6.45, 7) is 8.27. The molecular weight excluding hydrogens is 440 g/mol. The van der Waals surface area contributed by atoms with Crippen molar-refractivity contribution in [3.63, 3.8) is 0 Å². The minimum atomic E-state index is 0.00286. The Hall–Kier alpha value is -3.17. The summed E-state index contributed by atoms with van der Waals surface area (Å²) in [5.41, 5.74) is 3.56. The Morgan fingerprint density at radius 1 is 0.971 bits per heavy atom. The number of likely N-dealkylation sites (N-methyl/N-ethyl adjacent to an activating group) is 1. The highest BCUT2D eigenvalue weighted by molar-refractivity contribution is 5.79. The zero-order valence-electron chi connectivity index (χ0n) is 20.6. The molecular formula is C26H34N8O. The van der Waals surface area contributed by atoms with Crippen LogP contribution >= 0.6 is 0 Å². The normalized spacial score (nSPS) is 23.0. The molecule has 0 radical (unpaired) electrons. The van der Waals surface area contributed by atoms with Crippen LogP contribution in [0.4, 0.5) is 23.0 Å². The third-order valence-corrected chi connectivity index (χ3v) is 7.97. The van der Waals surface area contributed by atoms with Crippen molar-refractivity contribution in [1.29, 1.82) is 0 Å². The lowest BCUT2D eigenvalue weighted by atomic mass is 9.88. The molecule has 3 saturated heterocycles. The number of nitrogens with zero attached hydrogens (tertiary/aromatic N) is 6. The number of aromatic nitrogens is 3. The lowest BCUT2D eigenvalue weighted by Gasteiger charge is -2.35. The Bertz CT molecular complexity index is 1260. The molecule has 2 unspecified atom stereocenters. The summed E-state index contributed by atoms with van der Waals surface area (Å²) in [6.07, 6.45) is 2.95. The van der Waals surface area contributed by atoms with Crippen LogP contribution in [0.5, 0.6) is 0 Å². The van der Waals surface area contributed by atoms with Crippen molar-refractivity contribution in [3.05, 3.63) is 46.9 Å². The van der Waals surface area contributed by atoms with Crippen LogP contribution in [0.25, 0.3) is 11.0 Å². The third-order valence-electron chi connectivity index (χ3n) is 7.97. The van der Waals surface area contributed by atoms with Crippen LogP contribution < -0.4 is 26.0 Å². The first-order valence-corrected chi connectivity index (χ1v) is 12.7. The first kappa shape index (κ1) is 22.3. The van der Waals surface area contributed by atoms with E-state index in [0.29, 0.717) is 17.5 Å². The molecule has 2 N–H and O–H groups in total. The van der Waals surface area contributed by atoms with Gasteiger partial charge < -0.3 is 25.3 Å². The highest BCUT2D eigenvalue weighted by Crippen LogP contribution is 2.29. The number of pyridine rings is 1. The molecule has 0 saturated carbocycles. The van der Waals surface area contributed by atoms with Crippen molar-refractivity contribution < 1.29 is 0 Å². The maximum Gasteiger partial charge on any atom is 0.275 e. The summed E-state index contributed by atoms with van der Waals surface area (Å²) in [4.78, 5) is 29.5. The molecule has 3 fully saturated rings. The van der Waals surface area contributed by atoms with Crippen molar-refractivity contribution in [2.75, 3.05) is 74.5 Å². The topological polar surface area (TPSA) is 81.6 Å². The monoisotopic (exact) mass is 474 g/mol. The second-order valence-corrected chi connectivity index (χ2v) is 10.2. The molecule has 2 aromatic heterocycles. The summed E-state index contributed by atoms with van der Waals surface area (Å²) in [7, 11) is 3.97. The second-order valence-electron chi connectivity index (χ2n) is 10.2. The van der Waals surface area contributed by atoms with Gasteiger partial charge in [-0.2, -0.15) is 4.98 Å². The fourth-order valence-corrected chi connectivity index (χ4v) is 5.72. The van der Waals surface area contributed by atoms with Crippen molar-refractivity contribution >= 4 is 34.0 Å². The Balaban J connectivity index is 1.21. The maximum atomic E-state index is 13.3. The molecule has 9 heteroatoms. The van der Waals surface area contributed by atoms with Crippen molar-refractivity contribution in [2.45, 2.75) is 6.42 Å². The number of hydrogen-bond donors (Lipinski definition) is 2. The SMILES string of the molecule is CN1CCN(c2ccc(Nc3ncc4cc(N5CCC6CNCC6C5)c(=O)n(C)c4n3)cc2)CC1. The molecule has 3 aliphatic rings. The van der Waals surface area contributed by atoms with Crippen molar-refractivity contribution in [3.8, 4) is 0 Å². The van der Waals surface area contributed by atoms with Crippen LogP contribution in [-0.4, -0.2) is 78.8 Å². The molecule has 1 aromatic carbocycles. The predicted molar refractivity (Wildman–Crippen MR) is 141 cm³/mol. The van der Waals surface area contributed by atoms with E-state index < -0.39 is 0 Å². The van der Waals surface area contributed by atoms with Gasteiger partial charge in [0.25, 0.3) is 5.56 Å². The Labute approximate surface area is 205 Å². The third kappa shape index (κ3) is 4.34. The van der Waals surface area contributed by atoms with Gasteiger partial charge in [0.2, 0.25) is 5.95 Å². The van der Waals surface area contributed by atoms with Gasteiger partial charge in [0.1, 0.15) is 11.3 Å². The second kappa shape index (κ2) is 9.13. The largest absolute Gasteiger partial charge is 0.369 e. The van der Waals surface area contributed by atoms with Gasteiger partial charge in [-0.05, 0) is 68.7 Å². The van der Waals surface area contributed by atoms with Crippen LogP contribution in [0.3, 0.4) is 0 Å². The predicted octanol–water partition coefficient (Wildman–Crippen LogP) is 1.87. The Morgan fingerprint density at radius 3 is 2.54 bits per heavy atom. The van der Waals surface area contributed by atoms with Gasteiger partial charge in [-0.15, -0.1) is 0 Å². The lowest BCUT2D eigenvalue weighted by molar-refractivity contribution is 0.313. The first-order valence-electron chi connectivity index (χ1n) is 12.7. The standard InChI is InChI=1S/C26H34N8O/c1-31-9-11-33(12-10-31)22-5-3-21(4-6-22)29-26-28-16-19-13-23(25(35)32(2)24(19)30-26)34-8-7-18-14-27-15-20(18)17-34/h3-6,13,16,18,20,27H,7-12,14-15,17H2,1-2H3,(H,28,29,30). The summed E-state index contributed by atoms with van der Waals surface area (Å²) in [5, 5.41) is 7.68. The van der Waals surface area contributed by atoms with E-state index in [1.807, 2.05) is 12.3 Å². The number of anilines is 4. The van der Waals surface area contributed by atoms with E-state index in [-0.39, 0.29) is 5.56 Å². The maximum absolute atomic E-state index is 13.3. The lowest BCUT2D eigenvalue weighted by Crippen LogP contribution is -2.44. The molecule has 0 amide bonds. The molecule has 35 heavy (non-hydrogen) atoms. The fourth-order valence-electron chi connectivity index (χ4n) is 5.72. The van der Waals surface area contributed by atoms with E-state index in [9.17, 15) is 4.79 Å². The number of aryl methyl sites for hydroxylation is 1. The average Bonchev–Trinajstić information content (AvgIpc) is 3.35. The number of benzene rings is 1. The Morgan fingerprint density at radius 2 is 1.74 bits per heavy atom. The van der Waals surface area contributed by atoms with Crippen LogP contribution in [0, 0.1) is 11.8 Å². The summed E-state index contributed by atoms with van der Waals surface area (Å²) < 4.78 is 1.66. The van der Waals surface area contributed by atoms with Crippen LogP contribution in [-0.2, 0) is 7.05 Å². The smallest absolute Gasteiger partial charge is 0.275 e. The average molecular weight is 475 g/mol. The zero-order chi connectivity index (χ0) is 23.9. The summed E-state index contributed by atoms with van der Waals surface area (Å²) >= 11 is 0. The summed E-state index contributed by atoms with van der Waals surface area (Å²) in [5.74, 6) is 1.85. The summed E-state index contributed by atoms with van der Waals surface area (Å²) in [6, 6.07) is 10.4. The number of rotatable bonds is 4. The Kier molecular flexibility index (Phi) is 5.82. The molecule has 9 nitrogen and oxygen atoms in total. The van der Waals surface area contributed by atoms with E-state index >= 15 is 0 Å². The van der Waals surface area contributed by atoms with Gasteiger partial charge in [0.15, 0.2) is 0 Å². The highest BCUT2D eigenvalue weighted by Gasteiger charge is 2.33. The molecule has 0 spiro atoms. The number of fused-ring (bicyclic) bond motifs is 2. The molecule has 0 aliphatic carbocycles. The molecule has 184 valence electrons. The quantitative estimate of drug-likeness (QED) is 0.593. The van der Waals surface area contributed by atoms with Gasteiger partial charge in [-0.25, -0.2) is 4.98 Å². The molecule has 5 heterocycles. The van der Waals surface area contributed by atoms with E-state index in [1.165, 1.54) is 5.69 Å². The molecule has 2 atom stereocenters. The fraction of sp³-hybridized carbons (Fsp3) is 0.500. The highest BCUT2D eigenvalue weighted by atomic mass is 16.1. The van der Waals surface area contributed by atoms with Gasteiger partial charge >= 0.3 is 0 Å². The van der Waals surface area contributed by atoms with Crippen LogP contribution in [0.15, 0.2) is 41.3 Å². The van der Waals surface area contributed by atoms with Gasteiger partial charge in [0.05, 0.1) is 0 Å². The molecule has 0 bridgehead atoms. The van der Waals surface area contributed by atoms with Gasteiger partial charge in [0, 0.05) is 69.3 Å². The number of nitrogens with one attached hydrogen (secondary N) is 2. The van der Waals surface area contributed by atoms with E-state index in [1.54, 1.807) is 11.6 Å². The number of piperidine rings is 1. The first-order chi connectivity index (χ1) is 17.0. The molecule has 6 rings (SSSR count). The zero-order valence-corrected chi connectivity index (χ0v) is 20.6. The van der Waals surface area contributed by atoms with Crippen LogP contribution in [0.2, 0.25) is 0 Å². The van der Waals surface area contributed by atoms with Crippen molar-refractivity contribution in [1.82, 2.24) is 24.8 Å². The van der Waals surface area contributed by atoms with Gasteiger partial charge in [-0.1, -0.05) is 0 Å². The number of hydrogen-bond acceptors (Lipinski definition) is 8. The minimum Gasteiger partial charge on any atom is -0.369 e. The van der Waals surface area contributed by atoms with E-state index in [4.69, 9.17) is 0 Å². The van der Waals surface area contributed by atoms with E-state index in [2.05, 4.69) is 66.6 Å².